The first kappa shape index (κ1) is 9.52. The summed E-state index contributed by atoms with van der Waals surface area (Å²) in [5.74, 6) is 0. The molecule has 0 bridgehead atoms. The molecule has 0 aliphatic carbocycles. The zero-order valence-electron chi connectivity index (χ0n) is 8.36. The van der Waals surface area contributed by atoms with Crippen molar-refractivity contribution in [1.29, 1.82) is 0 Å². The number of nitrogens with one attached hydrogen (secondary N) is 1. The number of benzene rings is 2. The largest absolute Gasteiger partial charge is 0.453 e. The molecule has 0 atom stereocenters. The van der Waals surface area contributed by atoms with Crippen molar-refractivity contribution in [2.24, 2.45) is 0 Å². The fourth-order valence-electron chi connectivity index (χ4n) is 1.50. The molecular formula is C12H11NO2. The molecule has 2 aromatic rings. The monoisotopic (exact) mass is 201 g/mol. The minimum Gasteiger partial charge on any atom is -0.453 e. The SMILES string of the molecule is COC(=O)Nc1cccc2ccccc12. The summed E-state index contributed by atoms with van der Waals surface area (Å²) in [6.45, 7) is 0. The smallest absolute Gasteiger partial charge is 0.411 e. The number of ether oxygens (including phenoxy) is 1. The third kappa shape index (κ3) is 1.91. The zero-order chi connectivity index (χ0) is 10.7. The number of amides is 1. The maximum absolute atomic E-state index is 11.1. The van der Waals surface area contributed by atoms with E-state index in [0.717, 1.165) is 16.5 Å². The Morgan fingerprint density at radius 1 is 1.13 bits per heavy atom. The second kappa shape index (κ2) is 4.00. The number of hydrogen-bond acceptors (Lipinski definition) is 2. The van der Waals surface area contributed by atoms with Gasteiger partial charge in [-0.2, -0.15) is 0 Å². The van der Waals surface area contributed by atoms with Gasteiger partial charge in [-0.05, 0) is 11.5 Å². The van der Waals surface area contributed by atoms with Crippen LogP contribution in [0.3, 0.4) is 0 Å². The fourth-order valence-corrected chi connectivity index (χ4v) is 1.50. The summed E-state index contributed by atoms with van der Waals surface area (Å²) in [6.07, 6.45) is -0.452. The fraction of sp³-hybridized carbons (Fsp3) is 0.0833. The first-order chi connectivity index (χ1) is 7.31. The van der Waals surface area contributed by atoms with Gasteiger partial charge in [0.25, 0.3) is 0 Å². The van der Waals surface area contributed by atoms with Gasteiger partial charge in [-0.3, -0.25) is 5.32 Å². The molecule has 3 nitrogen and oxygen atoms in total. The molecule has 3 heteroatoms. The molecule has 0 unspecified atom stereocenters. The van der Waals surface area contributed by atoms with E-state index in [1.807, 2.05) is 42.5 Å². The number of hydrogen-bond donors (Lipinski definition) is 1. The summed E-state index contributed by atoms with van der Waals surface area (Å²) in [7, 11) is 1.35. The molecule has 2 rings (SSSR count). The molecule has 0 saturated carbocycles. The highest BCUT2D eigenvalue weighted by molar-refractivity contribution is 5.99. The van der Waals surface area contributed by atoms with Gasteiger partial charge in [0.05, 0.1) is 12.8 Å². The Morgan fingerprint density at radius 3 is 2.67 bits per heavy atom. The summed E-state index contributed by atoms with van der Waals surface area (Å²) >= 11 is 0. The number of carbonyl (C=O) groups excluding carboxylic acids is 1. The molecule has 0 spiro atoms. The van der Waals surface area contributed by atoms with Crippen LogP contribution in [0.2, 0.25) is 0 Å². The van der Waals surface area contributed by atoms with Crippen LogP contribution in [-0.2, 0) is 4.74 Å². The molecular weight excluding hydrogens is 190 g/mol. The van der Waals surface area contributed by atoms with Gasteiger partial charge < -0.3 is 4.74 Å². The second-order valence-corrected chi connectivity index (χ2v) is 3.14. The van der Waals surface area contributed by atoms with Crippen molar-refractivity contribution in [1.82, 2.24) is 0 Å². The molecule has 0 fully saturated rings. The Morgan fingerprint density at radius 2 is 1.87 bits per heavy atom. The maximum Gasteiger partial charge on any atom is 0.411 e. The van der Waals surface area contributed by atoms with Crippen LogP contribution in [-0.4, -0.2) is 13.2 Å². The standard InChI is InChI=1S/C12H11NO2/c1-15-12(14)13-11-8-4-6-9-5-2-3-7-10(9)11/h2-8H,1H3,(H,13,14). The molecule has 76 valence electrons. The first-order valence-corrected chi connectivity index (χ1v) is 4.64. The van der Waals surface area contributed by atoms with E-state index in [-0.39, 0.29) is 0 Å². The molecule has 0 aliphatic heterocycles. The number of fused-ring (bicyclic) bond motifs is 1. The first-order valence-electron chi connectivity index (χ1n) is 4.64. The lowest BCUT2D eigenvalue weighted by Gasteiger charge is -2.06. The Hall–Kier alpha value is -2.03. The zero-order valence-corrected chi connectivity index (χ0v) is 8.36. The van der Waals surface area contributed by atoms with Crippen molar-refractivity contribution in [2.45, 2.75) is 0 Å². The highest BCUT2D eigenvalue weighted by Gasteiger charge is 2.03. The average molecular weight is 201 g/mol. The molecule has 1 amide bonds. The van der Waals surface area contributed by atoms with Crippen LogP contribution in [0.5, 0.6) is 0 Å². The molecule has 0 aromatic heterocycles. The number of rotatable bonds is 1. The Bertz CT molecular complexity index is 488. The van der Waals surface area contributed by atoms with Gasteiger partial charge in [-0.25, -0.2) is 4.79 Å². The predicted octanol–water partition coefficient (Wildman–Crippen LogP) is 3.02. The van der Waals surface area contributed by atoms with Gasteiger partial charge in [-0.1, -0.05) is 36.4 Å². The van der Waals surface area contributed by atoms with Gasteiger partial charge in [0.15, 0.2) is 0 Å². The lowest BCUT2D eigenvalue weighted by Crippen LogP contribution is -2.10. The number of carbonyl (C=O) groups is 1. The average Bonchev–Trinajstić information content (AvgIpc) is 2.29. The van der Waals surface area contributed by atoms with Crippen LogP contribution in [0.4, 0.5) is 10.5 Å². The third-order valence-electron chi connectivity index (χ3n) is 2.21. The van der Waals surface area contributed by atoms with Crippen LogP contribution in [0.1, 0.15) is 0 Å². The van der Waals surface area contributed by atoms with Crippen LogP contribution in [0.25, 0.3) is 10.8 Å². The van der Waals surface area contributed by atoms with E-state index in [2.05, 4.69) is 10.1 Å². The van der Waals surface area contributed by atoms with E-state index < -0.39 is 6.09 Å². The Kier molecular flexibility index (Phi) is 2.54. The van der Waals surface area contributed by atoms with Gasteiger partial charge >= 0.3 is 6.09 Å². The molecule has 15 heavy (non-hydrogen) atoms. The maximum atomic E-state index is 11.1. The van der Waals surface area contributed by atoms with E-state index in [0.29, 0.717) is 0 Å². The normalized spacial score (nSPS) is 9.93. The Labute approximate surface area is 87.7 Å². The molecule has 0 heterocycles. The summed E-state index contributed by atoms with van der Waals surface area (Å²) < 4.78 is 4.55. The van der Waals surface area contributed by atoms with Gasteiger partial charge in [0, 0.05) is 5.39 Å². The molecule has 1 N–H and O–H groups in total. The minimum atomic E-state index is -0.452. The lowest BCUT2D eigenvalue weighted by atomic mass is 10.1. The third-order valence-corrected chi connectivity index (χ3v) is 2.21. The highest BCUT2D eigenvalue weighted by Crippen LogP contribution is 2.22. The van der Waals surface area contributed by atoms with Crippen molar-refractivity contribution in [2.75, 3.05) is 12.4 Å². The topological polar surface area (TPSA) is 38.3 Å². The molecule has 0 saturated heterocycles. The van der Waals surface area contributed by atoms with E-state index >= 15 is 0 Å². The molecule has 2 aromatic carbocycles. The van der Waals surface area contributed by atoms with Crippen molar-refractivity contribution >= 4 is 22.6 Å². The van der Waals surface area contributed by atoms with Crippen molar-refractivity contribution in [3.8, 4) is 0 Å². The quantitative estimate of drug-likeness (QED) is 0.770. The van der Waals surface area contributed by atoms with E-state index in [9.17, 15) is 4.79 Å². The lowest BCUT2D eigenvalue weighted by molar-refractivity contribution is 0.187. The van der Waals surface area contributed by atoms with Crippen molar-refractivity contribution in [3.05, 3.63) is 42.5 Å². The summed E-state index contributed by atoms with van der Waals surface area (Å²) in [5, 5.41) is 4.77. The highest BCUT2D eigenvalue weighted by atomic mass is 16.5. The molecule has 0 radical (unpaired) electrons. The summed E-state index contributed by atoms with van der Waals surface area (Å²) in [4.78, 5) is 11.1. The van der Waals surface area contributed by atoms with Crippen LogP contribution in [0, 0.1) is 0 Å². The van der Waals surface area contributed by atoms with Gasteiger partial charge in [0.2, 0.25) is 0 Å². The van der Waals surface area contributed by atoms with E-state index in [1.165, 1.54) is 7.11 Å². The van der Waals surface area contributed by atoms with Crippen molar-refractivity contribution < 1.29 is 9.53 Å². The minimum absolute atomic E-state index is 0.452. The van der Waals surface area contributed by atoms with Crippen LogP contribution in [0.15, 0.2) is 42.5 Å². The number of methoxy groups -OCH3 is 1. The van der Waals surface area contributed by atoms with Gasteiger partial charge in [0.1, 0.15) is 0 Å². The Balaban J connectivity index is 2.46. The van der Waals surface area contributed by atoms with Crippen LogP contribution < -0.4 is 5.32 Å². The second-order valence-electron chi connectivity index (χ2n) is 3.14. The summed E-state index contributed by atoms with van der Waals surface area (Å²) in [6, 6.07) is 13.6. The molecule has 0 aliphatic rings. The van der Waals surface area contributed by atoms with Crippen LogP contribution >= 0.6 is 0 Å². The van der Waals surface area contributed by atoms with Crippen molar-refractivity contribution in [3.63, 3.8) is 0 Å². The van der Waals surface area contributed by atoms with E-state index in [1.54, 1.807) is 0 Å². The van der Waals surface area contributed by atoms with Gasteiger partial charge in [-0.15, -0.1) is 0 Å². The van der Waals surface area contributed by atoms with E-state index in [4.69, 9.17) is 0 Å². The predicted molar refractivity (Wildman–Crippen MR) is 60.0 cm³/mol. The summed E-state index contributed by atoms with van der Waals surface area (Å²) in [5.41, 5.74) is 0.764. The number of anilines is 1.